The number of hydrogen-bond acceptors (Lipinski definition) is 1. The average Bonchev–Trinajstić information content (AvgIpc) is 2.23. The molecular formula is C14H20BrN. The van der Waals surface area contributed by atoms with Crippen LogP contribution in [0.5, 0.6) is 0 Å². The Kier molecular flexibility index (Phi) is 4.42. The maximum Gasteiger partial charge on any atom is 0.0175 e. The van der Waals surface area contributed by atoms with Gasteiger partial charge in [-0.1, -0.05) is 34.5 Å². The van der Waals surface area contributed by atoms with Gasteiger partial charge in [-0.15, -0.1) is 0 Å². The maximum absolute atomic E-state index is 3.69. The van der Waals surface area contributed by atoms with Crippen LogP contribution in [-0.4, -0.2) is 12.1 Å². The molecule has 1 unspecified atom stereocenters. The first-order valence-corrected chi connectivity index (χ1v) is 7.04. The number of benzene rings is 1. The van der Waals surface area contributed by atoms with Crippen LogP contribution >= 0.6 is 15.9 Å². The standard InChI is InChI=1S/C14H20BrN/c1-11(16-14-3-2-4-14)5-6-12-7-9-13(15)10-8-12/h7-11,14,16H,2-6H2,1H3. The van der Waals surface area contributed by atoms with Crippen molar-refractivity contribution in [2.45, 2.75) is 51.1 Å². The van der Waals surface area contributed by atoms with Gasteiger partial charge in [0, 0.05) is 16.6 Å². The van der Waals surface area contributed by atoms with Crippen molar-refractivity contribution < 1.29 is 0 Å². The van der Waals surface area contributed by atoms with E-state index in [1.807, 2.05) is 0 Å². The average molecular weight is 282 g/mol. The number of aryl methyl sites for hydroxylation is 1. The molecule has 2 heteroatoms. The maximum atomic E-state index is 3.69. The van der Waals surface area contributed by atoms with Crippen LogP contribution in [0.1, 0.15) is 38.2 Å². The lowest BCUT2D eigenvalue weighted by molar-refractivity contribution is 0.304. The highest BCUT2D eigenvalue weighted by molar-refractivity contribution is 9.10. The van der Waals surface area contributed by atoms with E-state index in [2.05, 4.69) is 52.4 Å². The number of rotatable bonds is 5. The fourth-order valence-electron chi connectivity index (χ4n) is 2.09. The summed E-state index contributed by atoms with van der Waals surface area (Å²) in [6, 6.07) is 10.1. The zero-order chi connectivity index (χ0) is 11.4. The Labute approximate surface area is 107 Å². The quantitative estimate of drug-likeness (QED) is 0.863. The van der Waals surface area contributed by atoms with Gasteiger partial charge in [0.25, 0.3) is 0 Å². The van der Waals surface area contributed by atoms with Gasteiger partial charge in [0.05, 0.1) is 0 Å². The second kappa shape index (κ2) is 5.83. The van der Waals surface area contributed by atoms with Crippen LogP contribution in [0.2, 0.25) is 0 Å². The minimum Gasteiger partial charge on any atom is -0.311 e. The van der Waals surface area contributed by atoms with Crippen molar-refractivity contribution in [2.75, 3.05) is 0 Å². The summed E-state index contributed by atoms with van der Waals surface area (Å²) in [5, 5.41) is 3.69. The van der Waals surface area contributed by atoms with Crippen LogP contribution in [0.3, 0.4) is 0 Å². The van der Waals surface area contributed by atoms with Crippen molar-refractivity contribution in [3.05, 3.63) is 34.3 Å². The molecule has 1 nitrogen and oxygen atoms in total. The minimum absolute atomic E-state index is 0.647. The smallest absolute Gasteiger partial charge is 0.0175 e. The lowest BCUT2D eigenvalue weighted by Gasteiger charge is -2.30. The van der Waals surface area contributed by atoms with E-state index in [1.54, 1.807) is 0 Å². The molecule has 0 aliphatic heterocycles. The highest BCUT2D eigenvalue weighted by Crippen LogP contribution is 2.19. The molecule has 0 saturated heterocycles. The van der Waals surface area contributed by atoms with Crippen LogP contribution in [0, 0.1) is 0 Å². The molecule has 1 aliphatic carbocycles. The van der Waals surface area contributed by atoms with Crippen molar-refractivity contribution >= 4 is 15.9 Å². The Morgan fingerprint density at radius 1 is 1.31 bits per heavy atom. The third-order valence-electron chi connectivity index (χ3n) is 3.40. The highest BCUT2D eigenvalue weighted by Gasteiger charge is 2.18. The van der Waals surface area contributed by atoms with E-state index in [0.29, 0.717) is 6.04 Å². The Bertz CT molecular complexity index is 316. The van der Waals surface area contributed by atoms with Crippen molar-refractivity contribution in [3.8, 4) is 0 Å². The summed E-state index contributed by atoms with van der Waals surface area (Å²) in [5.74, 6) is 0. The Balaban J connectivity index is 1.71. The number of hydrogen-bond donors (Lipinski definition) is 1. The van der Waals surface area contributed by atoms with Crippen LogP contribution < -0.4 is 5.32 Å². The molecule has 1 N–H and O–H groups in total. The zero-order valence-corrected chi connectivity index (χ0v) is 11.5. The summed E-state index contributed by atoms with van der Waals surface area (Å²) < 4.78 is 1.16. The Hall–Kier alpha value is -0.340. The van der Waals surface area contributed by atoms with E-state index in [4.69, 9.17) is 0 Å². The highest BCUT2D eigenvalue weighted by atomic mass is 79.9. The van der Waals surface area contributed by atoms with Gasteiger partial charge < -0.3 is 5.32 Å². The van der Waals surface area contributed by atoms with Crippen molar-refractivity contribution in [3.63, 3.8) is 0 Å². The van der Waals surface area contributed by atoms with Crippen molar-refractivity contribution in [1.82, 2.24) is 5.32 Å². The summed E-state index contributed by atoms with van der Waals surface area (Å²) in [6.45, 7) is 2.30. The first-order chi connectivity index (χ1) is 7.74. The molecular weight excluding hydrogens is 262 g/mol. The van der Waals surface area contributed by atoms with E-state index in [9.17, 15) is 0 Å². The van der Waals surface area contributed by atoms with Crippen molar-refractivity contribution in [2.24, 2.45) is 0 Å². The fraction of sp³-hybridized carbons (Fsp3) is 0.571. The largest absolute Gasteiger partial charge is 0.311 e. The minimum atomic E-state index is 0.647. The Morgan fingerprint density at radius 3 is 2.56 bits per heavy atom. The number of nitrogens with one attached hydrogen (secondary N) is 1. The predicted molar refractivity (Wildman–Crippen MR) is 72.7 cm³/mol. The molecule has 16 heavy (non-hydrogen) atoms. The van der Waals surface area contributed by atoms with Gasteiger partial charge in [0.1, 0.15) is 0 Å². The topological polar surface area (TPSA) is 12.0 Å². The van der Waals surface area contributed by atoms with E-state index in [0.717, 1.165) is 10.5 Å². The monoisotopic (exact) mass is 281 g/mol. The number of halogens is 1. The van der Waals surface area contributed by atoms with E-state index >= 15 is 0 Å². The van der Waals surface area contributed by atoms with Crippen molar-refractivity contribution in [1.29, 1.82) is 0 Å². The third kappa shape index (κ3) is 3.60. The Morgan fingerprint density at radius 2 is 2.00 bits per heavy atom. The molecule has 1 aliphatic rings. The van der Waals surface area contributed by atoms with Gasteiger partial charge >= 0.3 is 0 Å². The summed E-state index contributed by atoms with van der Waals surface area (Å²) >= 11 is 3.46. The molecule has 1 saturated carbocycles. The lowest BCUT2D eigenvalue weighted by Crippen LogP contribution is -2.41. The van der Waals surface area contributed by atoms with E-state index in [1.165, 1.54) is 37.7 Å². The van der Waals surface area contributed by atoms with Crippen LogP contribution in [0.25, 0.3) is 0 Å². The van der Waals surface area contributed by atoms with E-state index < -0.39 is 0 Å². The molecule has 88 valence electrons. The molecule has 0 spiro atoms. The molecule has 1 aromatic rings. The third-order valence-corrected chi connectivity index (χ3v) is 3.93. The predicted octanol–water partition coefficient (Wildman–Crippen LogP) is 3.91. The molecule has 1 fully saturated rings. The van der Waals surface area contributed by atoms with Crippen LogP contribution in [0.4, 0.5) is 0 Å². The molecule has 1 atom stereocenters. The molecule has 1 aromatic carbocycles. The van der Waals surface area contributed by atoms with Gasteiger partial charge in [-0.05, 0) is 50.3 Å². The van der Waals surface area contributed by atoms with Gasteiger partial charge in [0.2, 0.25) is 0 Å². The first-order valence-electron chi connectivity index (χ1n) is 6.24. The summed E-state index contributed by atoms with van der Waals surface area (Å²) in [4.78, 5) is 0. The summed E-state index contributed by atoms with van der Waals surface area (Å²) in [7, 11) is 0. The second-order valence-corrected chi connectivity index (χ2v) is 5.78. The lowest BCUT2D eigenvalue weighted by atomic mass is 9.92. The molecule has 0 bridgehead atoms. The van der Waals surface area contributed by atoms with Crippen LogP contribution in [-0.2, 0) is 6.42 Å². The fourth-order valence-corrected chi connectivity index (χ4v) is 2.36. The molecule has 0 heterocycles. The first kappa shape index (κ1) is 12.1. The molecule has 0 radical (unpaired) electrons. The van der Waals surface area contributed by atoms with E-state index in [-0.39, 0.29) is 0 Å². The zero-order valence-electron chi connectivity index (χ0n) is 9.88. The van der Waals surface area contributed by atoms with Gasteiger partial charge in [-0.25, -0.2) is 0 Å². The summed E-state index contributed by atoms with van der Waals surface area (Å²) in [6.07, 6.45) is 6.58. The van der Waals surface area contributed by atoms with Gasteiger partial charge in [-0.3, -0.25) is 0 Å². The second-order valence-electron chi connectivity index (χ2n) is 4.86. The normalized spacial score (nSPS) is 18.1. The molecule has 0 aromatic heterocycles. The van der Waals surface area contributed by atoms with Gasteiger partial charge in [0.15, 0.2) is 0 Å². The SMILES string of the molecule is CC(CCc1ccc(Br)cc1)NC1CCC1. The summed E-state index contributed by atoms with van der Waals surface area (Å²) in [5.41, 5.74) is 1.44. The van der Waals surface area contributed by atoms with Gasteiger partial charge in [-0.2, -0.15) is 0 Å². The van der Waals surface area contributed by atoms with Crippen LogP contribution in [0.15, 0.2) is 28.7 Å². The molecule has 2 rings (SSSR count). The molecule has 0 amide bonds.